The lowest BCUT2D eigenvalue weighted by atomic mass is 10.1. The van der Waals surface area contributed by atoms with Crippen molar-refractivity contribution in [2.75, 3.05) is 6.61 Å². The molecular weight excluding hydrogens is 136 g/mol. The van der Waals surface area contributed by atoms with Gasteiger partial charge in [0.1, 0.15) is 6.10 Å². The highest BCUT2D eigenvalue weighted by Crippen LogP contribution is 2.34. The van der Waals surface area contributed by atoms with Crippen molar-refractivity contribution in [1.82, 2.24) is 0 Å². The molecule has 0 aliphatic carbocycles. The molecule has 0 bridgehead atoms. The van der Waals surface area contributed by atoms with Crippen LogP contribution in [0.3, 0.4) is 0 Å². The number of aliphatic hydroxyl groups is 2. The second kappa shape index (κ2) is 2.17. The van der Waals surface area contributed by atoms with Gasteiger partial charge in [0.05, 0.1) is 18.8 Å². The van der Waals surface area contributed by atoms with Crippen LogP contribution in [0, 0.1) is 0 Å². The maximum Gasteiger partial charge on any atom is 0.187 e. The lowest BCUT2D eigenvalue weighted by Gasteiger charge is -2.20. The van der Waals surface area contributed by atoms with Crippen LogP contribution in [0.4, 0.5) is 0 Å². The highest BCUT2D eigenvalue weighted by atomic mass is 16.8. The molecule has 2 aliphatic rings. The predicted octanol–water partition coefficient (Wildman–Crippen LogP) is -1.15. The first-order valence-electron chi connectivity index (χ1n) is 3.41. The van der Waals surface area contributed by atoms with Crippen LogP contribution in [0.15, 0.2) is 0 Å². The maximum atomic E-state index is 9.20. The fourth-order valence-electron chi connectivity index (χ4n) is 1.26. The minimum Gasteiger partial charge on any atom is -0.394 e. The van der Waals surface area contributed by atoms with Gasteiger partial charge >= 0.3 is 0 Å². The van der Waals surface area contributed by atoms with E-state index in [1.807, 2.05) is 0 Å². The quantitative estimate of drug-likeness (QED) is 0.459. The van der Waals surface area contributed by atoms with Crippen LogP contribution in [0.5, 0.6) is 0 Å². The molecule has 2 heterocycles. The van der Waals surface area contributed by atoms with Crippen LogP contribution in [0.25, 0.3) is 0 Å². The second-order valence-corrected chi connectivity index (χ2v) is 2.71. The van der Waals surface area contributed by atoms with Gasteiger partial charge in [0, 0.05) is 6.42 Å². The van der Waals surface area contributed by atoms with E-state index < -0.39 is 6.10 Å². The number of fused-ring (bicyclic) bond motifs is 1. The summed E-state index contributed by atoms with van der Waals surface area (Å²) < 4.78 is 10.1. The van der Waals surface area contributed by atoms with E-state index >= 15 is 0 Å². The van der Waals surface area contributed by atoms with Gasteiger partial charge in [-0.15, -0.1) is 0 Å². The second-order valence-electron chi connectivity index (χ2n) is 2.71. The number of hydrogen-bond donors (Lipinski definition) is 2. The largest absolute Gasteiger partial charge is 0.394 e. The summed E-state index contributed by atoms with van der Waals surface area (Å²) in [5.41, 5.74) is 0. The van der Waals surface area contributed by atoms with Gasteiger partial charge in [0.2, 0.25) is 0 Å². The molecule has 4 heteroatoms. The van der Waals surface area contributed by atoms with Crippen LogP contribution in [-0.4, -0.2) is 41.4 Å². The zero-order valence-corrected chi connectivity index (χ0v) is 5.43. The number of epoxide rings is 1. The molecule has 2 rings (SSSR count). The Bertz CT molecular complexity index is 138. The standard InChI is InChI=1S/C6H10O4/c7-2-3-1-4(8)5-6(9-3)10-5/h3-8H,1-2H2. The fourth-order valence-corrected chi connectivity index (χ4v) is 1.26. The molecule has 2 N–H and O–H groups in total. The maximum absolute atomic E-state index is 9.20. The third-order valence-electron chi connectivity index (χ3n) is 1.90. The minimum atomic E-state index is -0.448. The molecule has 4 unspecified atom stereocenters. The number of aliphatic hydroxyl groups excluding tert-OH is 2. The Labute approximate surface area is 58.4 Å². The van der Waals surface area contributed by atoms with Crippen LogP contribution in [0.1, 0.15) is 6.42 Å². The average molecular weight is 146 g/mol. The van der Waals surface area contributed by atoms with Gasteiger partial charge in [-0.05, 0) is 0 Å². The van der Waals surface area contributed by atoms with E-state index in [0.717, 1.165) is 0 Å². The van der Waals surface area contributed by atoms with E-state index in [2.05, 4.69) is 0 Å². The highest BCUT2D eigenvalue weighted by molar-refractivity contribution is 4.91. The molecule has 0 saturated carbocycles. The third kappa shape index (κ3) is 0.932. The molecule has 2 fully saturated rings. The third-order valence-corrected chi connectivity index (χ3v) is 1.90. The molecular formula is C6H10O4. The summed E-state index contributed by atoms with van der Waals surface area (Å²) in [5, 5.41) is 17.9. The first kappa shape index (κ1) is 6.54. The Morgan fingerprint density at radius 1 is 1.40 bits per heavy atom. The van der Waals surface area contributed by atoms with Crippen LogP contribution < -0.4 is 0 Å². The molecule has 0 aromatic heterocycles. The number of rotatable bonds is 1. The highest BCUT2D eigenvalue weighted by Gasteiger charge is 2.51. The lowest BCUT2D eigenvalue weighted by molar-refractivity contribution is -0.0696. The van der Waals surface area contributed by atoms with E-state index in [1.54, 1.807) is 0 Å². The Kier molecular flexibility index (Phi) is 1.42. The summed E-state index contributed by atoms with van der Waals surface area (Å²) in [6, 6.07) is 0. The number of hydrogen-bond acceptors (Lipinski definition) is 4. The molecule has 10 heavy (non-hydrogen) atoms. The zero-order chi connectivity index (χ0) is 7.14. The molecule has 0 amide bonds. The van der Waals surface area contributed by atoms with Crippen LogP contribution in [-0.2, 0) is 9.47 Å². The summed E-state index contributed by atoms with van der Waals surface area (Å²) in [4.78, 5) is 0. The van der Waals surface area contributed by atoms with E-state index in [1.165, 1.54) is 0 Å². The zero-order valence-electron chi connectivity index (χ0n) is 5.43. The summed E-state index contributed by atoms with van der Waals surface area (Å²) in [6.07, 6.45) is -0.573. The van der Waals surface area contributed by atoms with Gasteiger partial charge < -0.3 is 19.7 Å². The summed E-state index contributed by atoms with van der Waals surface area (Å²) in [7, 11) is 0. The van der Waals surface area contributed by atoms with Crippen molar-refractivity contribution in [3.05, 3.63) is 0 Å². The van der Waals surface area contributed by atoms with Gasteiger partial charge in [0.15, 0.2) is 6.29 Å². The smallest absolute Gasteiger partial charge is 0.187 e. The van der Waals surface area contributed by atoms with Crippen LogP contribution in [0.2, 0.25) is 0 Å². The molecule has 0 radical (unpaired) electrons. The van der Waals surface area contributed by atoms with Crippen molar-refractivity contribution in [3.8, 4) is 0 Å². The van der Waals surface area contributed by atoms with Gasteiger partial charge in [-0.1, -0.05) is 0 Å². The van der Waals surface area contributed by atoms with Crippen molar-refractivity contribution < 1.29 is 19.7 Å². The average Bonchev–Trinajstić information content (AvgIpc) is 2.66. The Balaban J connectivity index is 1.93. The first-order chi connectivity index (χ1) is 4.81. The Morgan fingerprint density at radius 3 is 2.80 bits per heavy atom. The molecule has 4 atom stereocenters. The van der Waals surface area contributed by atoms with Crippen molar-refractivity contribution >= 4 is 0 Å². The summed E-state index contributed by atoms with van der Waals surface area (Å²) in [5.74, 6) is 0. The number of ether oxygens (including phenoxy) is 2. The molecule has 58 valence electrons. The minimum absolute atomic E-state index is 0.0381. The SMILES string of the molecule is OCC1CC(O)C2OC2O1. The molecule has 4 nitrogen and oxygen atoms in total. The van der Waals surface area contributed by atoms with Crippen LogP contribution >= 0.6 is 0 Å². The van der Waals surface area contributed by atoms with E-state index in [-0.39, 0.29) is 25.1 Å². The van der Waals surface area contributed by atoms with E-state index in [4.69, 9.17) is 14.6 Å². The molecule has 0 aromatic carbocycles. The fraction of sp³-hybridized carbons (Fsp3) is 1.00. The van der Waals surface area contributed by atoms with Gasteiger partial charge in [0.25, 0.3) is 0 Å². The van der Waals surface area contributed by atoms with Crippen molar-refractivity contribution in [2.24, 2.45) is 0 Å². The van der Waals surface area contributed by atoms with Gasteiger partial charge in [-0.3, -0.25) is 0 Å². The topological polar surface area (TPSA) is 62.2 Å². The monoisotopic (exact) mass is 146 g/mol. The normalized spacial score (nSPS) is 52.2. The summed E-state index contributed by atoms with van der Waals surface area (Å²) >= 11 is 0. The molecule has 0 spiro atoms. The van der Waals surface area contributed by atoms with Crippen molar-refractivity contribution in [3.63, 3.8) is 0 Å². The first-order valence-corrected chi connectivity index (χ1v) is 3.41. The lowest BCUT2D eigenvalue weighted by Crippen LogP contribution is -2.34. The van der Waals surface area contributed by atoms with E-state index in [9.17, 15) is 5.11 Å². The Morgan fingerprint density at radius 2 is 2.20 bits per heavy atom. The Hall–Kier alpha value is -0.160. The molecule has 2 saturated heterocycles. The molecule has 2 aliphatic heterocycles. The van der Waals surface area contributed by atoms with Crippen molar-refractivity contribution in [2.45, 2.75) is 31.0 Å². The summed E-state index contributed by atoms with van der Waals surface area (Å²) in [6.45, 7) is -0.0381. The van der Waals surface area contributed by atoms with Crippen molar-refractivity contribution in [1.29, 1.82) is 0 Å². The van der Waals surface area contributed by atoms with Gasteiger partial charge in [-0.2, -0.15) is 0 Å². The predicted molar refractivity (Wildman–Crippen MR) is 31.2 cm³/mol. The van der Waals surface area contributed by atoms with Gasteiger partial charge in [-0.25, -0.2) is 0 Å². The molecule has 0 aromatic rings. The van der Waals surface area contributed by atoms with E-state index in [0.29, 0.717) is 6.42 Å².